The second kappa shape index (κ2) is 7.83. The highest BCUT2D eigenvalue weighted by Gasteiger charge is 2.11. The quantitative estimate of drug-likeness (QED) is 0.881. The van der Waals surface area contributed by atoms with Crippen molar-refractivity contribution in [1.82, 2.24) is 5.32 Å². The topological polar surface area (TPSA) is 75.4 Å². The van der Waals surface area contributed by atoms with E-state index in [0.29, 0.717) is 17.7 Å². The lowest BCUT2D eigenvalue weighted by Gasteiger charge is -2.28. The first-order chi connectivity index (χ1) is 12.1. The summed E-state index contributed by atoms with van der Waals surface area (Å²) >= 11 is 0. The summed E-state index contributed by atoms with van der Waals surface area (Å²) in [6, 6.07) is 14.7. The van der Waals surface area contributed by atoms with Gasteiger partial charge in [-0.1, -0.05) is 12.1 Å². The summed E-state index contributed by atoms with van der Waals surface area (Å²) in [7, 11) is 0. The van der Waals surface area contributed by atoms with Crippen LogP contribution in [0.3, 0.4) is 0 Å². The number of nitrogens with zero attached hydrogens (tertiary/aromatic N) is 1. The summed E-state index contributed by atoms with van der Waals surface area (Å²) in [5.41, 5.74) is 8.41. The lowest BCUT2D eigenvalue weighted by atomic mass is 10.1. The molecule has 2 aromatic rings. The number of piperidine rings is 1. The summed E-state index contributed by atoms with van der Waals surface area (Å²) in [6.07, 6.45) is 3.83. The van der Waals surface area contributed by atoms with Crippen LogP contribution >= 0.6 is 0 Å². The van der Waals surface area contributed by atoms with Crippen molar-refractivity contribution in [2.45, 2.75) is 25.8 Å². The van der Waals surface area contributed by atoms with Crippen LogP contribution in [-0.2, 0) is 6.54 Å². The molecular weight excluding hydrogens is 314 g/mol. The Morgan fingerprint density at radius 1 is 0.880 bits per heavy atom. The fourth-order valence-corrected chi connectivity index (χ4v) is 3.05. The van der Waals surface area contributed by atoms with Gasteiger partial charge in [0.25, 0.3) is 5.91 Å². The first-order valence-corrected chi connectivity index (χ1v) is 8.65. The Morgan fingerprint density at radius 3 is 2.08 bits per heavy atom. The van der Waals surface area contributed by atoms with Crippen LogP contribution in [0.2, 0.25) is 0 Å². The molecule has 3 N–H and O–H groups in total. The van der Waals surface area contributed by atoms with Crippen molar-refractivity contribution in [3.63, 3.8) is 0 Å². The van der Waals surface area contributed by atoms with Gasteiger partial charge in [-0.3, -0.25) is 9.59 Å². The van der Waals surface area contributed by atoms with Crippen LogP contribution in [0.1, 0.15) is 45.5 Å². The number of carbonyl (C=O) groups is 2. The average Bonchev–Trinajstić information content (AvgIpc) is 2.67. The van der Waals surface area contributed by atoms with Crippen LogP contribution < -0.4 is 16.0 Å². The van der Waals surface area contributed by atoms with Crippen LogP contribution in [0.15, 0.2) is 48.5 Å². The Labute approximate surface area is 147 Å². The normalized spacial score (nSPS) is 14.2. The lowest BCUT2D eigenvalue weighted by Crippen LogP contribution is -2.29. The van der Waals surface area contributed by atoms with E-state index in [1.807, 2.05) is 0 Å². The fraction of sp³-hybridized carbons (Fsp3) is 0.300. The third-order valence-corrected chi connectivity index (χ3v) is 4.54. The van der Waals surface area contributed by atoms with E-state index in [0.717, 1.165) is 18.7 Å². The predicted octanol–water partition coefficient (Wildman–Crippen LogP) is 2.71. The minimum atomic E-state index is -0.499. The Bertz CT molecular complexity index is 733. The van der Waals surface area contributed by atoms with Crippen LogP contribution in [0.25, 0.3) is 0 Å². The third-order valence-electron chi connectivity index (χ3n) is 4.54. The second-order valence-electron chi connectivity index (χ2n) is 6.34. The summed E-state index contributed by atoms with van der Waals surface area (Å²) < 4.78 is 0. The van der Waals surface area contributed by atoms with E-state index >= 15 is 0 Å². The van der Waals surface area contributed by atoms with Gasteiger partial charge in [-0.05, 0) is 61.2 Å². The van der Waals surface area contributed by atoms with E-state index in [4.69, 9.17) is 5.73 Å². The van der Waals surface area contributed by atoms with E-state index in [2.05, 4.69) is 34.5 Å². The number of benzene rings is 2. The molecule has 1 aliphatic heterocycles. The molecule has 130 valence electrons. The average molecular weight is 337 g/mol. The van der Waals surface area contributed by atoms with Gasteiger partial charge >= 0.3 is 0 Å². The molecule has 1 heterocycles. The molecule has 0 unspecified atom stereocenters. The van der Waals surface area contributed by atoms with Crippen molar-refractivity contribution in [3.05, 3.63) is 65.2 Å². The van der Waals surface area contributed by atoms with Crippen LogP contribution in [0.5, 0.6) is 0 Å². The number of nitrogens with two attached hydrogens (primary N) is 1. The molecule has 1 saturated heterocycles. The van der Waals surface area contributed by atoms with Crippen LogP contribution in [-0.4, -0.2) is 24.9 Å². The Hall–Kier alpha value is -2.82. The molecule has 1 fully saturated rings. The SMILES string of the molecule is NC(=O)c1ccc(C(=O)NCc2ccc(N3CCCCC3)cc2)cc1. The minimum absolute atomic E-state index is 0.170. The fourth-order valence-electron chi connectivity index (χ4n) is 3.05. The van der Waals surface area contributed by atoms with Gasteiger partial charge in [0.05, 0.1) is 0 Å². The maximum Gasteiger partial charge on any atom is 0.251 e. The number of rotatable bonds is 5. The molecule has 0 aromatic heterocycles. The second-order valence-corrected chi connectivity index (χ2v) is 6.34. The van der Waals surface area contributed by atoms with E-state index in [1.54, 1.807) is 24.3 Å². The molecule has 0 spiro atoms. The van der Waals surface area contributed by atoms with Crippen molar-refractivity contribution in [2.75, 3.05) is 18.0 Å². The number of anilines is 1. The zero-order valence-corrected chi connectivity index (χ0v) is 14.2. The molecule has 3 rings (SSSR count). The highest BCUT2D eigenvalue weighted by molar-refractivity contribution is 5.97. The van der Waals surface area contributed by atoms with Gasteiger partial charge in [0.1, 0.15) is 0 Å². The first kappa shape index (κ1) is 17.0. The van der Waals surface area contributed by atoms with Gasteiger partial charge in [0.15, 0.2) is 0 Å². The highest BCUT2D eigenvalue weighted by atomic mass is 16.2. The molecule has 0 atom stereocenters. The predicted molar refractivity (Wildman–Crippen MR) is 98.6 cm³/mol. The summed E-state index contributed by atoms with van der Waals surface area (Å²) in [5, 5.41) is 2.89. The van der Waals surface area contributed by atoms with Crippen molar-refractivity contribution < 1.29 is 9.59 Å². The van der Waals surface area contributed by atoms with Crippen LogP contribution in [0, 0.1) is 0 Å². The molecule has 2 aromatic carbocycles. The number of amides is 2. The number of primary amides is 1. The first-order valence-electron chi connectivity index (χ1n) is 8.65. The van der Waals surface area contributed by atoms with Gasteiger partial charge < -0.3 is 16.0 Å². The monoisotopic (exact) mass is 337 g/mol. The molecule has 0 bridgehead atoms. The molecule has 25 heavy (non-hydrogen) atoms. The van der Waals surface area contributed by atoms with Gasteiger partial charge in [0.2, 0.25) is 5.91 Å². The molecule has 2 amide bonds. The van der Waals surface area contributed by atoms with Gasteiger partial charge in [-0.15, -0.1) is 0 Å². The Kier molecular flexibility index (Phi) is 5.33. The van der Waals surface area contributed by atoms with E-state index in [1.165, 1.54) is 24.9 Å². The maximum atomic E-state index is 12.2. The van der Waals surface area contributed by atoms with Crippen molar-refractivity contribution >= 4 is 17.5 Å². The largest absolute Gasteiger partial charge is 0.372 e. The number of hydrogen-bond donors (Lipinski definition) is 2. The van der Waals surface area contributed by atoms with E-state index < -0.39 is 5.91 Å². The standard InChI is InChI=1S/C20H23N3O2/c21-19(24)16-6-8-17(9-7-16)20(25)22-14-15-4-10-18(11-5-15)23-12-2-1-3-13-23/h4-11H,1-3,12-14H2,(H2,21,24)(H,22,25). The maximum absolute atomic E-state index is 12.2. The number of carbonyl (C=O) groups excluding carboxylic acids is 2. The summed E-state index contributed by atoms with van der Waals surface area (Å²) in [5.74, 6) is -0.670. The van der Waals surface area contributed by atoms with Crippen molar-refractivity contribution in [1.29, 1.82) is 0 Å². The molecule has 1 aliphatic rings. The minimum Gasteiger partial charge on any atom is -0.372 e. The zero-order chi connectivity index (χ0) is 17.6. The molecule has 5 nitrogen and oxygen atoms in total. The van der Waals surface area contributed by atoms with Crippen molar-refractivity contribution in [3.8, 4) is 0 Å². The highest BCUT2D eigenvalue weighted by Crippen LogP contribution is 2.20. The zero-order valence-electron chi connectivity index (χ0n) is 14.2. The molecule has 0 saturated carbocycles. The Balaban J connectivity index is 1.55. The van der Waals surface area contributed by atoms with Crippen LogP contribution in [0.4, 0.5) is 5.69 Å². The lowest BCUT2D eigenvalue weighted by molar-refractivity contribution is 0.0948. The van der Waals surface area contributed by atoms with Gasteiger partial charge in [-0.25, -0.2) is 0 Å². The van der Waals surface area contributed by atoms with Gasteiger partial charge in [-0.2, -0.15) is 0 Å². The summed E-state index contributed by atoms with van der Waals surface area (Å²) in [4.78, 5) is 25.6. The van der Waals surface area contributed by atoms with Crippen molar-refractivity contribution in [2.24, 2.45) is 5.73 Å². The smallest absolute Gasteiger partial charge is 0.251 e. The molecule has 0 radical (unpaired) electrons. The molecule has 5 heteroatoms. The van der Waals surface area contributed by atoms with E-state index in [9.17, 15) is 9.59 Å². The number of nitrogens with one attached hydrogen (secondary N) is 1. The van der Waals surface area contributed by atoms with Gasteiger partial charge in [0, 0.05) is 36.4 Å². The molecular formula is C20H23N3O2. The summed E-state index contributed by atoms with van der Waals surface area (Å²) in [6.45, 7) is 2.71. The number of hydrogen-bond acceptors (Lipinski definition) is 3. The Morgan fingerprint density at radius 2 is 1.48 bits per heavy atom. The van der Waals surface area contributed by atoms with E-state index in [-0.39, 0.29) is 5.91 Å². The third kappa shape index (κ3) is 4.38. The molecule has 0 aliphatic carbocycles.